The highest BCUT2D eigenvalue weighted by molar-refractivity contribution is 9.10. The van der Waals surface area contributed by atoms with Gasteiger partial charge in [-0.05, 0) is 36.4 Å². The molecular formula is C35H24BrF9N4O2. The van der Waals surface area contributed by atoms with Gasteiger partial charge in [0.05, 0.1) is 28.4 Å². The Morgan fingerprint density at radius 3 is 1.39 bits per heavy atom. The van der Waals surface area contributed by atoms with E-state index in [1.807, 2.05) is 30.3 Å². The molecule has 0 saturated heterocycles. The quantitative estimate of drug-likeness (QED) is 0.195. The van der Waals surface area contributed by atoms with Crippen molar-refractivity contribution in [3.8, 4) is 0 Å². The van der Waals surface area contributed by atoms with Crippen molar-refractivity contribution < 1.29 is 49.1 Å². The van der Waals surface area contributed by atoms with Crippen molar-refractivity contribution >= 4 is 50.5 Å². The molecule has 0 saturated carbocycles. The molecule has 0 fully saturated rings. The molecule has 0 bridgehead atoms. The van der Waals surface area contributed by atoms with Crippen LogP contribution in [-0.4, -0.2) is 61.8 Å². The number of carbonyl (C=O) groups is 2. The Balaban J connectivity index is 0.000000199. The first-order chi connectivity index (χ1) is 23.9. The highest BCUT2D eigenvalue weighted by atomic mass is 79.9. The Hall–Kier alpha value is -4.99. The molecule has 4 aromatic carbocycles. The van der Waals surface area contributed by atoms with E-state index < -0.39 is 55.5 Å². The van der Waals surface area contributed by atoms with Crippen molar-refractivity contribution in [1.82, 2.24) is 0 Å². The average Bonchev–Trinajstić information content (AvgIpc) is 3.27. The van der Waals surface area contributed by atoms with Gasteiger partial charge in [0.25, 0.3) is 0 Å². The van der Waals surface area contributed by atoms with E-state index in [1.165, 1.54) is 6.07 Å². The van der Waals surface area contributed by atoms with Gasteiger partial charge in [-0.25, -0.2) is 0 Å². The molecule has 0 radical (unpaired) electrons. The zero-order valence-corrected chi connectivity index (χ0v) is 27.5. The number of benzodiazepines with no additional fused rings is 2. The van der Waals surface area contributed by atoms with Gasteiger partial charge in [-0.1, -0.05) is 76.6 Å². The van der Waals surface area contributed by atoms with E-state index >= 15 is 0 Å². The molecule has 2 aliphatic rings. The maximum absolute atomic E-state index is 13.1. The number of carbonyl (C=O) groups excluding carboxylic acids is 2. The normalized spacial score (nSPS) is 15.1. The molecule has 16 heteroatoms. The third kappa shape index (κ3) is 9.22. The second-order valence-electron chi connectivity index (χ2n) is 11.1. The Morgan fingerprint density at radius 1 is 0.569 bits per heavy atom. The highest BCUT2D eigenvalue weighted by Gasteiger charge is 2.39. The Morgan fingerprint density at radius 2 is 0.980 bits per heavy atom. The topological polar surface area (TPSA) is 65.3 Å². The smallest absolute Gasteiger partial charge is 0.301 e. The largest absolute Gasteiger partial charge is 0.416 e. The van der Waals surface area contributed by atoms with Gasteiger partial charge < -0.3 is 9.80 Å². The van der Waals surface area contributed by atoms with Crippen molar-refractivity contribution in [3.05, 3.63) is 129 Å². The molecule has 0 spiro atoms. The summed E-state index contributed by atoms with van der Waals surface area (Å²) in [7, 11) is 0. The van der Waals surface area contributed by atoms with Crippen LogP contribution in [0, 0.1) is 0 Å². The molecule has 2 aliphatic heterocycles. The summed E-state index contributed by atoms with van der Waals surface area (Å²) in [6, 6.07) is 24.2. The summed E-state index contributed by atoms with van der Waals surface area (Å²) in [6.45, 7) is -3.87. The summed E-state index contributed by atoms with van der Waals surface area (Å²) in [5.74, 6) is -1.62. The minimum atomic E-state index is -4.72. The summed E-state index contributed by atoms with van der Waals surface area (Å²) >= 11 is 3.33. The zero-order valence-electron chi connectivity index (χ0n) is 26.0. The molecule has 0 atom stereocenters. The predicted octanol–water partition coefficient (Wildman–Crippen LogP) is 8.65. The van der Waals surface area contributed by atoms with E-state index in [1.54, 1.807) is 42.5 Å². The minimum Gasteiger partial charge on any atom is -0.301 e. The number of nitrogens with zero attached hydrogens (tertiary/aromatic N) is 4. The predicted molar refractivity (Wildman–Crippen MR) is 176 cm³/mol. The summed E-state index contributed by atoms with van der Waals surface area (Å²) < 4.78 is 118. The second kappa shape index (κ2) is 14.7. The molecule has 0 N–H and O–H groups in total. The molecule has 2 amide bonds. The van der Waals surface area contributed by atoms with Crippen LogP contribution in [0.3, 0.4) is 0 Å². The van der Waals surface area contributed by atoms with Crippen molar-refractivity contribution in [2.75, 3.05) is 36.0 Å². The standard InChI is InChI=1S/C18H12F6N2O.C17H12BrF3N2O/c19-17(20,21)10-26-14-7-6-12(18(22,23)24)8-13(14)16(25-9-15(26)27)11-4-2-1-3-5-11;18-12-6-7-14-13(8-12)16(11-4-2-1-3-5-11)22-9-15(24)23(14)10-17(19,20)21/h1-8H,9-10H2;1-8H,9-10H2. The first-order valence-corrected chi connectivity index (χ1v) is 15.7. The lowest BCUT2D eigenvalue weighted by Gasteiger charge is -2.25. The van der Waals surface area contributed by atoms with E-state index in [9.17, 15) is 49.1 Å². The van der Waals surface area contributed by atoms with Crippen molar-refractivity contribution in [2.45, 2.75) is 18.5 Å². The summed E-state index contributed by atoms with van der Waals surface area (Å²) in [6.07, 6.45) is -13.9. The van der Waals surface area contributed by atoms with E-state index in [0.717, 1.165) is 22.6 Å². The fourth-order valence-corrected chi connectivity index (χ4v) is 5.73. The highest BCUT2D eigenvalue weighted by Crippen LogP contribution is 2.36. The van der Waals surface area contributed by atoms with Gasteiger partial charge in [0, 0.05) is 26.7 Å². The zero-order chi connectivity index (χ0) is 37.1. The van der Waals surface area contributed by atoms with Crippen molar-refractivity contribution in [3.63, 3.8) is 0 Å². The maximum Gasteiger partial charge on any atom is 0.416 e. The van der Waals surface area contributed by atoms with Gasteiger partial charge in [0.1, 0.15) is 26.2 Å². The lowest BCUT2D eigenvalue weighted by molar-refractivity contribution is -0.137. The van der Waals surface area contributed by atoms with E-state index in [2.05, 4.69) is 25.9 Å². The molecule has 51 heavy (non-hydrogen) atoms. The second-order valence-corrected chi connectivity index (χ2v) is 12.1. The van der Waals surface area contributed by atoms with E-state index in [0.29, 0.717) is 32.3 Å². The summed E-state index contributed by atoms with van der Waals surface area (Å²) in [4.78, 5) is 33.9. The number of aliphatic imine (C=N–C) groups is 2. The third-order valence-corrected chi connectivity index (χ3v) is 7.98. The van der Waals surface area contributed by atoms with Crippen molar-refractivity contribution in [1.29, 1.82) is 0 Å². The molecule has 6 nitrogen and oxygen atoms in total. The van der Waals surface area contributed by atoms with Crippen LogP contribution in [0.1, 0.15) is 27.8 Å². The van der Waals surface area contributed by atoms with Gasteiger partial charge in [0.15, 0.2) is 0 Å². The van der Waals surface area contributed by atoms with E-state index in [4.69, 9.17) is 0 Å². The lowest BCUT2D eigenvalue weighted by Crippen LogP contribution is -2.40. The molecule has 0 aromatic heterocycles. The molecule has 0 aliphatic carbocycles. The number of rotatable bonds is 4. The van der Waals surface area contributed by atoms with Crippen LogP contribution in [0.4, 0.5) is 50.9 Å². The molecule has 0 unspecified atom stereocenters. The first kappa shape index (κ1) is 37.3. The number of halogens is 10. The maximum atomic E-state index is 13.1. The molecule has 266 valence electrons. The molecule has 4 aromatic rings. The number of hydrogen-bond acceptors (Lipinski definition) is 4. The molecular weight excluding hydrogens is 759 g/mol. The van der Waals surface area contributed by atoms with Crippen LogP contribution in [0.2, 0.25) is 0 Å². The number of fused-ring (bicyclic) bond motifs is 2. The number of hydrogen-bond donors (Lipinski definition) is 0. The van der Waals surface area contributed by atoms with Crippen LogP contribution in [-0.2, 0) is 15.8 Å². The van der Waals surface area contributed by atoms with Gasteiger partial charge in [-0.15, -0.1) is 0 Å². The van der Waals surface area contributed by atoms with Crippen LogP contribution < -0.4 is 9.80 Å². The number of benzene rings is 4. The third-order valence-electron chi connectivity index (χ3n) is 7.49. The van der Waals surface area contributed by atoms with Crippen LogP contribution >= 0.6 is 15.9 Å². The molecule has 2 heterocycles. The average molecular weight is 783 g/mol. The summed E-state index contributed by atoms with van der Waals surface area (Å²) in [5, 5.41) is 0. The molecule has 6 rings (SSSR count). The Labute approximate surface area is 293 Å². The minimum absolute atomic E-state index is 0.0368. The van der Waals surface area contributed by atoms with Gasteiger partial charge in [0.2, 0.25) is 11.8 Å². The number of alkyl halides is 9. The van der Waals surface area contributed by atoms with Crippen LogP contribution in [0.25, 0.3) is 0 Å². The number of amides is 2. The first-order valence-electron chi connectivity index (χ1n) is 14.9. The van der Waals surface area contributed by atoms with Crippen LogP contribution in [0.5, 0.6) is 0 Å². The van der Waals surface area contributed by atoms with Gasteiger partial charge in [-0.2, -0.15) is 39.5 Å². The Bertz CT molecular complexity index is 1980. The summed E-state index contributed by atoms with van der Waals surface area (Å²) in [5.41, 5.74) is 0.923. The van der Waals surface area contributed by atoms with Gasteiger partial charge in [-0.3, -0.25) is 19.6 Å². The van der Waals surface area contributed by atoms with Gasteiger partial charge >= 0.3 is 18.5 Å². The van der Waals surface area contributed by atoms with E-state index in [-0.39, 0.29) is 29.2 Å². The SMILES string of the molecule is O=C1CN=C(c2ccccc2)c2cc(Br)ccc2N1CC(F)(F)F.O=C1CN=C(c2ccccc2)c2cc(C(F)(F)F)ccc2N1CC(F)(F)F. The Kier molecular flexibility index (Phi) is 10.7. The lowest BCUT2D eigenvalue weighted by atomic mass is 9.98. The number of anilines is 2. The van der Waals surface area contributed by atoms with Crippen molar-refractivity contribution in [2.24, 2.45) is 9.98 Å². The fraction of sp³-hybridized carbons (Fsp3) is 0.200. The monoisotopic (exact) mass is 782 g/mol. The fourth-order valence-electron chi connectivity index (χ4n) is 5.36. The van der Waals surface area contributed by atoms with Crippen LogP contribution in [0.15, 0.2) is 112 Å².